The van der Waals surface area contributed by atoms with E-state index < -0.39 is 36.0 Å². The van der Waals surface area contributed by atoms with Crippen LogP contribution in [-0.2, 0) is 11.2 Å². The number of pyridine rings is 1. The molecule has 1 aromatic rings. The molecule has 0 saturated carbocycles. The van der Waals surface area contributed by atoms with Crippen molar-refractivity contribution in [2.45, 2.75) is 12.8 Å². The molecule has 0 radical (unpaired) electrons. The van der Waals surface area contributed by atoms with Gasteiger partial charge in [-0.2, -0.15) is 4.39 Å². The molecule has 15 heavy (non-hydrogen) atoms. The van der Waals surface area contributed by atoms with Crippen LogP contribution in [0.3, 0.4) is 0 Å². The SMILES string of the molecule is O=C(O)Cc1nc(F)cc(Br)c1C(F)F. The Bertz CT molecular complexity index is 398. The Morgan fingerprint density at radius 3 is 2.67 bits per heavy atom. The first-order chi connectivity index (χ1) is 6.91. The Morgan fingerprint density at radius 1 is 1.60 bits per heavy atom. The normalized spacial score (nSPS) is 10.7. The highest BCUT2D eigenvalue weighted by atomic mass is 79.9. The van der Waals surface area contributed by atoms with Crippen LogP contribution in [0.5, 0.6) is 0 Å². The highest BCUT2D eigenvalue weighted by Crippen LogP contribution is 2.30. The highest BCUT2D eigenvalue weighted by molar-refractivity contribution is 9.10. The number of alkyl halides is 2. The molecule has 1 aromatic heterocycles. The quantitative estimate of drug-likeness (QED) is 0.868. The van der Waals surface area contributed by atoms with Gasteiger partial charge < -0.3 is 5.11 Å². The predicted octanol–water partition coefficient (Wildman–Crippen LogP) is 2.55. The van der Waals surface area contributed by atoms with Crippen LogP contribution < -0.4 is 0 Å². The molecule has 0 aromatic carbocycles. The smallest absolute Gasteiger partial charge is 0.309 e. The summed E-state index contributed by atoms with van der Waals surface area (Å²) in [6.45, 7) is 0. The fraction of sp³-hybridized carbons (Fsp3) is 0.250. The molecule has 0 fully saturated rings. The van der Waals surface area contributed by atoms with Crippen molar-refractivity contribution in [3.63, 3.8) is 0 Å². The molecule has 3 nitrogen and oxygen atoms in total. The van der Waals surface area contributed by atoms with Crippen molar-refractivity contribution in [2.75, 3.05) is 0 Å². The van der Waals surface area contributed by atoms with Crippen LogP contribution in [0.25, 0.3) is 0 Å². The minimum Gasteiger partial charge on any atom is -0.481 e. The van der Waals surface area contributed by atoms with E-state index >= 15 is 0 Å². The molecule has 0 aliphatic heterocycles. The summed E-state index contributed by atoms with van der Waals surface area (Å²) < 4.78 is 37.5. The fourth-order valence-electron chi connectivity index (χ4n) is 1.05. The van der Waals surface area contributed by atoms with E-state index in [2.05, 4.69) is 20.9 Å². The van der Waals surface area contributed by atoms with Gasteiger partial charge in [-0.25, -0.2) is 13.8 Å². The van der Waals surface area contributed by atoms with Crippen molar-refractivity contribution in [2.24, 2.45) is 0 Å². The number of carboxylic acid groups (broad SMARTS) is 1. The maximum absolute atomic E-state index is 12.7. The third kappa shape index (κ3) is 2.92. The Morgan fingerprint density at radius 2 is 2.20 bits per heavy atom. The van der Waals surface area contributed by atoms with Gasteiger partial charge in [0.15, 0.2) is 0 Å². The molecule has 0 atom stereocenters. The monoisotopic (exact) mass is 283 g/mol. The van der Waals surface area contributed by atoms with E-state index in [4.69, 9.17) is 5.11 Å². The van der Waals surface area contributed by atoms with Crippen molar-refractivity contribution in [1.82, 2.24) is 4.98 Å². The van der Waals surface area contributed by atoms with Gasteiger partial charge in [-0.05, 0) is 0 Å². The largest absolute Gasteiger partial charge is 0.481 e. The first-order valence-corrected chi connectivity index (χ1v) is 4.56. The Hall–Kier alpha value is -1.11. The maximum atomic E-state index is 12.7. The number of hydrogen-bond donors (Lipinski definition) is 1. The molecular formula is C8H5BrF3NO2. The minimum absolute atomic E-state index is 0.179. The number of aliphatic carboxylic acids is 1. The first kappa shape index (κ1) is 12.0. The number of rotatable bonds is 3. The molecule has 82 valence electrons. The van der Waals surface area contributed by atoms with Gasteiger partial charge in [-0.3, -0.25) is 4.79 Å². The first-order valence-electron chi connectivity index (χ1n) is 3.76. The standard InChI is InChI=1S/C8H5BrF3NO2/c9-3-1-5(10)13-4(2-6(14)15)7(3)8(11)12/h1,8H,2H2,(H,14,15). The molecule has 1 rings (SSSR count). The van der Waals surface area contributed by atoms with Crippen molar-refractivity contribution >= 4 is 21.9 Å². The minimum atomic E-state index is -2.90. The van der Waals surface area contributed by atoms with Gasteiger partial charge >= 0.3 is 5.97 Å². The molecule has 0 aliphatic rings. The second-order valence-electron chi connectivity index (χ2n) is 2.66. The second kappa shape index (κ2) is 4.61. The summed E-state index contributed by atoms with van der Waals surface area (Å²) in [6, 6.07) is 0.771. The number of aromatic nitrogens is 1. The number of nitrogens with zero attached hydrogens (tertiary/aromatic N) is 1. The molecule has 0 unspecified atom stereocenters. The zero-order valence-electron chi connectivity index (χ0n) is 7.18. The van der Waals surface area contributed by atoms with E-state index in [1.165, 1.54) is 0 Å². The molecule has 0 spiro atoms. The number of carbonyl (C=O) groups is 1. The van der Waals surface area contributed by atoms with Crippen molar-refractivity contribution < 1.29 is 23.1 Å². The Balaban J connectivity index is 3.26. The van der Waals surface area contributed by atoms with Crippen LogP contribution in [-0.4, -0.2) is 16.1 Å². The van der Waals surface area contributed by atoms with Gasteiger partial charge in [0.05, 0.1) is 17.7 Å². The lowest BCUT2D eigenvalue weighted by molar-refractivity contribution is -0.136. The van der Waals surface area contributed by atoms with E-state index in [1.807, 2.05) is 0 Å². The number of hydrogen-bond acceptors (Lipinski definition) is 2. The third-order valence-electron chi connectivity index (χ3n) is 1.59. The summed E-state index contributed by atoms with van der Waals surface area (Å²) >= 11 is 2.74. The van der Waals surface area contributed by atoms with Gasteiger partial charge in [0.25, 0.3) is 6.43 Å². The summed E-state index contributed by atoms with van der Waals surface area (Å²) in [7, 11) is 0. The molecule has 7 heteroatoms. The zero-order chi connectivity index (χ0) is 11.6. The molecule has 0 bridgehead atoms. The summed E-state index contributed by atoms with van der Waals surface area (Å²) in [5, 5.41) is 8.43. The number of halogens is 4. The van der Waals surface area contributed by atoms with Crippen molar-refractivity contribution in [3.8, 4) is 0 Å². The number of carboxylic acids is 1. The zero-order valence-corrected chi connectivity index (χ0v) is 8.76. The summed E-state index contributed by atoms with van der Waals surface area (Å²) in [5.74, 6) is -2.34. The lowest BCUT2D eigenvalue weighted by atomic mass is 10.1. The third-order valence-corrected chi connectivity index (χ3v) is 2.25. The van der Waals surface area contributed by atoms with Gasteiger partial charge in [0.1, 0.15) is 0 Å². The van der Waals surface area contributed by atoms with Gasteiger partial charge in [-0.15, -0.1) is 0 Å². The summed E-state index contributed by atoms with van der Waals surface area (Å²) in [6.07, 6.45) is -3.64. The van der Waals surface area contributed by atoms with Crippen LogP contribution in [0, 0.1) is 5.95 Å². The lowest BCUT2D eigenvalue weighted by Crippen LogP contribution is -2.08. The Labute approximate surface area is 91.1 Å². The Kier molecular flexibility index (Phi) is 3.67. The van der Waals surface area contributed by atoms with Crippen LogP contribution in [0.4, 0.5) is 13.2 Å². The lowest BCUT2D eigenvalue weighted by Gasteiger charge is -2.08. The van der Waals surface area contributed by atoms with Crippen LogP contribution in [0.15, 0.2) is 10.5 Å². The molecule has 1 heterocycles. The average Bonchev–Trinajstić information content (AvgIpc) is 1.99. The van der Waals surface area contributed by atoms with Crippen molar-refractivity contribution in [1.29, 1.82) is 0 Å². The van der Waals surface area contributed by atoms with E-state index in [-0.39, 0.29) is 4.47 Å². The predicted molar refractivity (Wildman–Crippen MR) is 48.2 cm³/mol. The average molecular weight is 284 g/mol. The van der Waals surface area contributed by atoms with E-state index in [1.54, 1.807) is 0 Å². The second-order valence-corrected chi connectivity index (χ2v) is 3.51. The van der Waals surface area contributed by atoms with Gasteiger partial charge in [-0.1, -0.05) is 15.9 Å². The molecule has 0 aliphatic carbocycles. The highest BCUT2D eigenvalue weighted by Gasteiger charge is 2.21. The molecule has 0 saturated heterocycles. The topological polar surface area (TPSA) is 50.2 Å². The van der Waals surface area contributed by atoms with E-state index in [0.717, 1.165) is 6.07 Å². The summed E-state index contributed by atoms with van der Waals surface area (Å²) in [5.41, 5.74) is -1.05. The maximum Gasteiger partial charge on any atom is 0.309 e. The van der Waals surface area contributed by atoms with E-state index in [9.17, 15) is 18.0 Å². The fourth-order valence-corrected chi connectivity index (χ4v) is 1.64. The van der Waals surface area contributed by atoms with Gasteiger partial charge in [0, 0.05) is 10.5 Å². The molecule has 0 amide bonds. The van der Waals surface area contributed by atoms with Crippen LogP contribution in [0.1, 0.15) is 17.7 Å². The van der Waals surface area contributed by atoms with Crippen molar-refractivity contribution in [3.05, 3.63) is 27.7 Å². The molecular weight excluding hydrogens is 279 g/mol. The summed E-state index contributed by atoms with van der Waals surface area (Å²) in [4.78, 5) is 13.5. The molecule has 1 N–H and O–H groups in total. The van der Waals surface area contributed by atoms with Crippen LogP contribution in [0.2, 0.25) is 0 Å². The van der Waals surface area contributed by atoms with E-state index in [0.29, 0.717) is 0 Å². The van der Waals surface area contributed by atoms with Crippen LogP contribution >= 0.6 is 15.9 Å². The van der Waals surface area contributed by atoms with Gasteiger partial charge in [0.2, 0.25) is 5.95 Å².